The Morgan fingerprint density at radius 1 is 1.43 bits per heavy atom. The third-order valence-electron chi connectivity index (χ3n) is 3.87. The lowest BCUT2D eigenvalue weighted by molar-refractivity contribution is 0.239. The van der Waals surface area contributed by atoms with E-state index < -0.39 is 0 Å². The van der Waals surface area contributed by atoms with Crippen molar-refractivity contribution in [2.75, 3.05) is 13.2 Å². The number of nitrogens with one attached hydrogen (secondary N) is 1. The van der Waals surface area contributed by atoms with Gasteiger partial charge in [-0.05, 0) is 43.5 Å². The Labute approximate surface area is 125 Å². The topological polar surface area (TPSA) is 54.0 Å². The number of hydrogen-bond donors (Lipinski definition) is 1. The number of rotatable bonds is 6. The fourth-order valence-electron chi connectivity index (χ4n) is 2.89. The van der Waals surface area contributed by atoms with E-state index in [9.17, 15) is 0 Å². The number of aromatic amines is 1. The minimum Gasteiger partial charge on any atom is -0.494 e. The molecular formula is C16H22N4O. The summed E-state index contributed by atoms with van der Waals surface area (Å²) in [6.45, 7) is 4.92. The highest BCUT2D eigenvalue weighted by atomic mass is 16.5. The number of H-pyrrole nitrogens is 1. The van der Waals surface area contributed by atoms with Gasteiger partial charge in [0.1, 0.15) is 17.9 Å². The Bertz CT molecular complexity index is 555. The molecule has 0 saturated carbocycles. The van der Waals surface area contributed by atoms with Crippen LogP contribution in [0.25, 0.3) is 0 Å². The van der Waals surface area contributed by atoms with E-state index in [-0.39, 0.29) is 0 Å². The van der Waals surface area contributed by atoms with Crippen molar-refractivity contribution >= 4 is 0 Å². The fraction of sp³-hybridized carbons (Fsp3) is 0.500. The summed E-state index contributed by atoms with van der Waals surface area (Å²) in [6, 6.07) is 8.75. The minimum atomic E-state index is 0.354. The van der Waals surface area contributed by atoms with Crippen molar-refractivity contribution in [1.29, 1.82) is 0 Å². The van der Waals surface area contributed by atoms with Crippen LogP contribution in [0.5, 0.6) is 5.75 Å². The van der Waals surface area contributed by atoms with Crippen molar-refractivity contribution in [3.63, 3.8) is 0 Å². The average molecular weight is 286 g/mol. The van der Waals surface area contributed by atoms with Gasteiger partial charge in [-0.2, -0.15) is 5.10 Å². The Balaban J connectivity index is 1.68. The van der Waals surface area contributed by atoms with Crippen LogP contribution in [0.15, 0.2) is 30.6 Å². The molecule has 3 rings (SSSR count). The van der Waals surface area contributed by atoms with Gasteiger partial charge in [-0.25, -0.2) is 4.98 Å². The van der Waals surface area contributed by atoms with Crippen LogP contribution < -0.4 is 4.74 Å². The molecule has 0 radical (unpaired) electrons. The standard InChI is InChI=1S/C16H22N4O/c1-2-9-21-14-6-3-5-13(10-14)11-20-8-4-7-15(20)16-17-12-18-19-16/h3,5-6,10,12,15H,2,4,7-9,11H2,1H3,(H,17,18,19)/t15-/m0/s1. The third-order valence-corrected chi connectivity index (χ3v) is 3.87. The van der Waals surface area contributed by atoms with E-state index in [0.29, 0.717) is 6.04 Å². The first-order valence-corrected chi connectivity index (χ1v) is 7.68. The monoisotopic (exact) mass is 286 g/mol. The Kier molecular flexibility index (Phi) is 4.50. The Morgan fingerprint density at radius 2 is 2.38 bits per heavy atom. The summed E-state index contributed by atoms with van der Waals surface area (Å²) in [6.07, 6.45) is 4.97. The predicted octanol–water partition coefficient (Wildman–Crippen LogP) is 2.93. The van der Waals surface area contributed by atoms with Crippen molar-refractivity contribution in [1.82, 2.24) is 20.1 Å². The molecule has 112 valence electrons. The first-order chi connectivity index (χ1) is 10.4. The number of nitrogens with zero attached hydrogens (tertiary/aromatic N) is 3. The number of hydrogen-bond acceptors (Lipinski definition) is 4. The number of benzene rings is 1. The van der Waals surface area contributed by atoms with Gasteiger partial charge >= 0.3 is 0 Å². The van der Waals surface area contributed by atoms with Gasteiger partial charge in [0.15, 0.2) is 0 Å². The van der Waals surface area contributed by atoms with Crippen molar-refractivity contribution in [3.8, 4) is 5.75 Å². The van der Waals surface area contributed by atoms with Crippen molar-refractivity contribution in [2.45, 2.75) is 38.8 Å². The van der Waals surface area contributed by atoms with E-state index in [0.717, 1.165) is 44.1 Å². The molecule has 0 aliphatic carbocycles. The first kappa shape index (κ1) is 14.1. The summed E-state index contributed by atoms with van der Waals surface area (Å²) in [5.41, 5.74) is 1.29. The van der Waals surface area contributed by atoms with E-state index in [1.165, 1.54) is 12.0 Å². The van der Waals surface area contributed by atoms with Crippen molar-refractivity contribution < 1.29 is 4.74 Å². The molecule has 2 aromatic rings. The molecule has 0 spiro atoms. The summed E-state index contributed by atoms with van der Waals surface area (Å²) < 4.78 is 5.71. The largest absolute Gasteiger partial charge is 0.494 e. The van der Waals surface area contributed by atoms with E-state index >= 15 is 0 Å². The first-order valence-electron chi connectivity index (χ1n) is 7.68. The molecule has 5 nitrogen and oxygen atoms in total. The maximum Gasteiger partial charge on any atom is 0.141 e. The van der Waals surface area contributed by atoms with Crippen molar-refractivity contribution in [2.24, 2.45) is 0 Å². The highest BCUT2D eigenvalue weighted by Gasteiger charge is 2.27. The van der Waals surface area contributed by atoms with Crippen LogP contribution in [0.3, 0.4) is 0 Å². The zero-order valence-electron chi connectivity index (χ0n) is 12.5. The number of ether oxygens (including phenoxy) is 1. The number of likely N-dealkylation sites (tertiary alicyclic amines) is 1. The van der Waals surface area contributed by atoms with E-state index in [4.69, 9.17) is 4.74 Å². The SMILES string of the molecule is CCCOc1cccc(CN2CCC[C@H]2c2ncn[nH]2)c1. The molecule has 1 N–H and O–H groups in total. The lowest BCUT2D eigenvalue weighted by Crippen LogP contribution is -2.23. The molecule has 0 unspecified atom stereocenters. The zero-order valence-corrected chi connectivity index (χ0v) is 12.5. The molecular weight excluding hydrogens is 264 g/mol. The molecule has 5 heteroatoms. The summed E-state index contributed by atoms with van der Waals surface area (Å²) >= 11 is 0. The second-order valence-electron chi connectivity index (χ2n) is 5.50. The highest BCUT2D eigenvalue weighted by molar-refractivity contribution is 5.28. The molecule has 1 aliphatic heterocycles. The van der Waals surface area contributed by atoms with Gasteiger partial charge in [0.05, 0.1) is 12.6 Å². The normalized spacial score (nSPS) is 19.0. The molecule has 1 atom stereocenters. The quantitative estimate of drug-likeness (QED) is 0.887. The fourth-order valence-corrected chi connectivity index (χ4v) is 2.89. The summed E-state index contributed by atoms with van der Waals surface area (Å²) in [5.74, 6) is 1.94. The van der Waals surface area contributed by atoms with Gasteiger partial charge in [0, 0.05) is 6.54 Å². The molecule has 2 heterocycles. The van der Waals surface area contributed by atoms with E-state index in [1.807, 2.05) is 6.07 Å². The van der Waals surface area contributed by atoms with Crippen LogP contribution in [-0.4, -0.2) is 33.2 Å². The molecule has 1 fully saturated rings. The molecule has 21 heavy (non-hydrogen) atoms. The van der Waals surface area contributed by atoms with Crippen LogP contribution in [0.2, 0.25) is 0 Å². The van der Waals surface area contributed by atoms with Gasteiger partial charge in [0.25, 0.3) is 0 Å². The van der Waals surface area contributed by atoms with E-state index in [2.05, 4.69) is 45.2 Å². The van der Waals surface area contributed by atoms with Gasteiger partial charge in [-0.15, -0.1) is 0 Å². The Morgan fingerprint density at radius 3 is 3.19 bits per heavy atom. The minimum absolute atomic E-state index is 0.354. The second-order valence-corrected chi connectivity index (χ2v) is 5.50. The van der Waals surface area contributed by atoms with Gasteiger partial charge < -0.3 is 4.74 Å². The lowest BCUT2D eigenvalue weighted by Gasteiger charge is -2.22. The molecule has 1 aliphatic rings. The smallest absolute Gasteiger partial charge is 0.141 e. The molecule has 1 aromatic heterocycles. The van der Waals surface area contributed by atoms with Crippen LogP contribution in [0.1, 0.15) is 43.6 Å². The van der Waals surface area contributed by atoms with Crippen LogP contribution >= 0.6 is 0 Å². The molecule has 0 amide bonds. The van der Waals surface area contributed by atoms with Crippen LogP contribution in [0.4, 0.5) is 0 Å². The van der Waals surface area contributed by atoms with E-state index in [1.54, 1.807) is 6.33 Å². The van der Waals surface area contributed by atoms with Gasteiger partial charge in [-0.1, -0.05) is 19.1 Å². The zero-order chi connectivity index (χ0) is 14.5. The Hall–Kier alpha value is -1.88. The maximum absolute atomic E-state index is 5.71. The molecule has 1 aromatic carbocycles. The predicted molar refractivity (Wildman–Crippen MR) is 81.0 cm³/mol. The number of aromatic nitrogens is 3. The van der Waals surface area contributed by atoms with Crippen LogP contribution in [0, 0.1) is 0 Å². The van der Waals surface area contributed by atoms with Crippen LogP contribution in [-0.2, 0) is 6.54 Å². The van der Waals surface area contributed by atoms with Crippen molar-refractivity contribution in [3.05, 3.63) is 42.0 Å². The van der Waals surface area contributed by atoms with Gasteiger partial charge in [-0.3, -0.25) is 10.00 Å². The molecule has 1 saturated heterocycles. The second kappa shape index (κ2) is 6.72. The maximum atomic E-state index is 5.71. The highest BCUT2D eigenvalue weighted by Crippen LogP contribution is 2.31. The molecule has 0 bridgehead atoms. The summed E-state index contributed by atoms with van der Waals surface area (Å²) in [5, 5.41) is 6.98. The third kappa shape index (κ3) is 3.42. The van der Waals surface area contributed by atoms with Gasteiger partial charge in [0.2, 0.25) is 0 Å². The summed E-state index contributed by atoms with van der Waals surface area (Å²) in [7, 11) is 0. The lowest BCUT2D eigenvalue weighted by atomic mass is 10.1. The summed E-state index contributed by atoms with van der Waals surface area (Å²) in [4.78, 5) is 6.77. The average Bonchev–Trinajstić information content (AvgIpc) is 3.16.